The van der Waals surface area contributed by atoms with Crippen LogP contribution in [0.2, 0.25) is 5.02 Å². The maximum absolute atomic E-state index is 6.11. The van der Waals surface area contributed by atoms with Gasteiger partial charge >= 0.3 is 0 Å². The summed E-state index contributed by atoms with van der Waals surface area (Å²) in [6.07, 6.45) is 0. The van der Waals surface area contributed by atoms with Gasteiger partial charge in [-0.2, -0.15) is 4.37 Å². The first-order chi connectivity index (χ1) is 9.65. The van der Waals surface area contributed by atoms with Crippen LogP contribution in [0.4, 0.5) is 5.00 Å². The van der Waals surface area contributed by atoms with E-state index in [0.717, 1.165) is 44.7 Å². The van der Waals surface area contributed by atoms with Crippen LogP contribution in [0.3, 0.4) is 0 Å². The summed E-state index contributed by atoms with van der Waals surface area (Å²) in [5.41, 5.74) is 4.09. The van der Waals surface area contributed by atoms with Crippen molar-refractivity contribution in [2.75, 3.05) is 12.4 Å². The average Bonchev–Trinajstić information content (AvgIpc) is 2.97. The summed E-state index contributed by atoms with van der Waals surface area (Å²) in [6.45, 7) is 4.96. The summed E-state index contributed by atoms with van der Waals surface area (Å²) in [5, 5.41) is 4.97. The van der Waals surface area contributed by atoms with E-state index in [0.29, 0.717) is 0 Å². The maximum atomic E-state index is 6.11. The van der Waals surface area contributed by atoms with Crippen LogP contribution in [0.15, 0.2) is 18.2 Å². The molecule has 0 saturated heterocycles. The zero-order valence-electron chi connectivity index (χ0n) is 11.6. The third-order valence-electron chi connectivity index (χ3n) is 3.34. The third kappa shape index (κ3) is 1.98. The van der Waals surface area contributed by atoms with Gasteiger partial charge in [0.25, 0.3) is 0 Å². The van der Waals surface area contributed by atoms with Crippen LogP contribution in [0, 0.1) is 6.92 Å². The Morgan fingerprint density at radius 1 is 1.40 bits per heavy atom. The molecule has 0 radical (unpaired) electrons. The van der Waals surface area contributed by atoms with Crippen LogP contribution in [-0.4, -0.2) is 21.0 Å². The number of halogens is 1. The van der Waals surface area contributed by atoms with Gasteiger partial charge in [0.15, 0.2) is 0 Å². The number of benzene rings is 1. The Bertz CT molecular complexity index is 775. The molecule has 3 aromatic rings. The molecule has 0 aliphatic carbocycles. The smallest absolute Gasteiger partial charge is 0.146 e. The molecule has 0 aliphatic rings. The molecule has 0 atom stereocenters. The first-order valence-electron chi connectivity index (χ1n) is 6.46. The lowest BCUT2D eigenvalue weighted by Crippen LogP contribution is -1.99. The van der Waals surface area contributed by atoms with Gasteiger partial charge in [-0.15, -0.1) is 0 Å². The number of rotatable bonds is 3. The minimum atomic E-state index is 0.729. The minimum absolute atomic E-state index is 0.729. The van der Waals surface area contributed by atoms with Crippen molar-refractivity contribution >= 4 is 39.2 Å². The molecular weight excluding hydrogens is 292 g/mol. The number of nitrogens with zero attached hydrogens (tertiary/aromatic N) is 3. The number of aromatic nitrogens is 3. The van der Waals surface area contributed by atoms with E-state index < -0.39 is 0 Å². The molecular formula is C14H15ClN4S. The lowest BCUT2D eigenvalue weighted by Gasteiger charge is -2.07. The van der Waals surface area contributed by atoms with Crippen molar-refractivity contribution < 1.29 is 0 Å². The first kappa shape index (κ1) is 13.4. The summed E-state index contributed by atoms with van der Waals surface area (Å²) < 4.78 is 6.61. The standard InChI is InChI=1S/C14H15ClN4S/c1-4-19-11-7-9(15)5-6-10(11)17-13(19)12-8(2)18-20-14(12)16-3/h5-7,16H,4H2,1-3H3. The molecule has 4 nitrogen and oxygen atoms in total. The van der Waals surface area contributed by atoms with E-state index in [-0.39, 0.29) is 0 Å². The molecule has 0 spiro atoms. The highest BCUT2D eigenvalue weighted by atomic mass is 35.5. The van der Waals surface area contributed by atoms with Crippen LogP contribution >= 0.6 is 23.1 Å². The molecule has 3 rings (SSSR count). The van der Waals surface area contributed by atoms with Crippen molar-refractivity contribution in [3.05, 3.63) is 28.9 Å². The SMILES string of the molecule is CCn1c(-c2c(C)nsc2NC)nc2ccc(Cl)cc21. The molecule has 1 N–H and O–H groups in total. The number of anilines is 1. The van der Waals surface area contributed by atoms with E-state index in [1.54, 1.807) is 0 Å². The Hall–Kier alpha value is -1.59. The summed E-state index contributed by atoms with van der Waals surface area (Å²) in [6, 6.07) is 5.80. The van der Waals surface area contributed by atoms with Gasteiger partial charge < -0.3 is 9.88 Å². The molecule has 6 heteroatoms. The van der Waals surface area contributed by atoms with Gasteiger partial charge in [0.2, 0.25) is 0 Å². The quantitative estimate of drug-likeness (QED) is 0.789. The van der Waals surface area contributed by atoms with Crippen LogP contribution in [0.1, 0.15) is 12.6 Å². The Morgan fingerprint density at radius 3 is 2.90 bits per heavy atom. The second-order valence-electron chi connectivity index (χ2n) is 4.53. The second-order valence-corrected chi connectivity index (χ2v) is 5.74. The number of nitrogens with one attached hydrogen (secondary N) is 1. The third-order valence-corrected chi connectivity index (χ3v) is 4.53. The molecule has 0 unspecified atom stereocenters. The maximum Gasteiger partial charge on any atom is 0.146 e. The number of hydrogen-bond donors (Lipinski definition) is 1. The minimum Gasteiger partial charge on any atom is -0.378 e. The van der Waals surface area contributed by atoms with Gasteiger partial charge in [0.1, 0.15) is 10.8 Å². The second kappa shape index (κ2) is 5.07. The topological polar surface area (TPSA) is 42.7 Å². The zero-order valence-corrected chi connectivity index (χ0v) is 13.1. The zero-order chi connectivity index (χ0) is 14.3. The fourth-order valence-electron chi connectivity index (χ4n) is 2.41. The average molecular weight is 307 g/mol. The van der Waals surface area contributed by atoms with Gasteiger partial charge in [-0.25, -0.2) is 4.98 Å². The van der Waals surface area contributed by atoms with Crippen molar-refractivity contribution in [3.63, 3.8) is 0 Å². The fraction of sp³-hybridized carbons (Fsp3) is 0.286. The van der Waals surface area contributed by atoms with Crippen molar-refractivity contribution in [3.8, 4) is 11.4 Å². The molecule has 0 bridgehead atoms. The van der Waals surface area contributed by atoms with Gasteiger partial charge in [0, 0.05) is 18.6 Å². The van der Waals surface area contributed by atoms with Gasteiger partial charge in [-0.05, 0) is 43.6 Å². The Morgan fingerprint density at radius 2 is 2.20 bits per heavy atom. The predicted octanol–water partition coefficient (Wildman–Crippen LogP) is 4.18. The lowest BCUT2D eigenvalue weighted by molar-refractivity contribution is 0.796. The Balaban J connectivity index is 2.33. The molecule has 0 amide bonds. The highest BCUT2D eigenvalue weighted by Crippen LogP contribution is 2.36. The summed E-state index contributed by atoms with van der Waals surface area (Å²) in [7, 11) is 1.91. The number of aryl methyl sites for hydroxylation is 2. The van der Waals surface area contributed by atoms with Crippen LogP contribution in [0.25, 0.3) is 22.4 Å². The van der Waals surface area contributed by atoms with Crippen molar-refractivity contribution in [1.82, 2.24) is 13.9 Å². The van der Waals surface area contributed by atoms with Crippen molar-refractivity contribution in [2.24, 2.45) is 0 Å². The highest BCUT2D eigenvalue weighted by molar-refractivity contribution is 7.10. The summed E-state index contributed by atoms with van der Waals surface area (Å²) in [4.78, 5) is 4.77. The fourth-order valence-corrected chi connectivity index (χ4v) is 3.32. The van der Waals surface area contributed by atoms with E-state index in [2.05, 4.69) is 21.2 Å². The van der Waals surface area contributed by atoms with E-state index in [9.17, 15) is 0 Å². The summed E-state index contributed by atoms with van der Waals surface area (Å²) in [5.74, 6) is 0.945. The molecule has 0 fully saturated rings. The molecule has 20 heavy (non-hydrogen) atoms. The number of imidazole rings is 1. The summed E-state index contributed by atoms with van der Waals surface area (Å²) >= 11 is 7.57. The van der Waals surface area contributed by atoms with Gasteiger partial charge in [-0.3, -0.25) is 0 Å². The van der Waals surface area contributed by atoms with Gasteiger partial charge in [-0.1, -0.05) is 11.6 Å². The molecule has 2 aromatic heterocycles. The number of hydrogen-bond acceptors (Lipinski definition) is 4. The molecule has 2 heterocycles. The van der Waals surface area contributed by atoms with Crippen molar-refractivity contribution in [1.29, 1.82) is 0 Å². The first-order valence-corrected chi connectivity index (χ1v) is 7.61. The number of fused-ring (bicyclic) bond motifs is 1. The monoisotopic (exact) mass is 306 g/mol. The molecule has 0 saturated carbocycles. The molecule has 1 aromatic carbocycles. The molecule has 104 valence electrons. The Labute approximate surface area is 126 Å². The van der Waals surface area contributed by atoms with Gasteiger partial charge in [0.05, 0.1) is 22.3 Å². The molecule has 0 aliphatic heterocycles. The van der Waals surface area contributed by atoms with Crippen molar-refractivity contribution in [2.45, 2.75) is 20.4 Å². The van der Waals surface area contributed by atoms with E-state index >= 15 is 0 Å². The van der Waals surface area contributed by atoms with Crippen LogP contribution in [0.5, 0.6) is 0 Å². The van der Waals surface area contributed by atoms with Crippen LogP contribution < -0.4 is 5.32 Å². The van der Waals surface area contributed by atoms with E-state index in [1.807, 2.05) is 32.2 Å². The highest BCUT2D eigenvalue weighted by Gasteiger charge is 2.19. The lowest BCUT2D eigenvalue weighted by atomic mass is 10.2. The normalized spacial score (nSPS) is 11.2. The van der Waals surface area contributed by atoms with E-state index in [4.69, 9.17) is 16.6 Å². The largest absolute Gasteiger partial charge is 0.378 e. The Kier molecular flexibility index (Phi) is 3.40. The predicted molar refractivity (Wildman–Crippen MR) is 85.8 cm³/mol. The van der Waals surface area contributed by atoms with E-state index in [1.165, 1.54) is 11.5 Å². The van der Waals surface area contributed by atoms with Crippen LogP contribution in [-0.2, 0) is 6.54 Å².